The molecule has 0 aliphatic heterocycles. The maximum absolute atomic E-state index is 4.88. The quantitative estimate of drug-likeness (QED) is 0.355. The van der Waals surface area contributed by atoms with Gasteiger partial charge in [-0.1, -0.05) is 0 Å². The molecule has 0 heterocycles. The van der Waals surface area contributed by atoms with E-state index in [9.17, 15) is 0 Å². The second kappa shape index (κ2) is 4.01. The maximum atomic E-state index is 4.88. The van der Waals surface area contributed by atoms with Crippen LogP contribution in [0.2, 0.25) is 0 Å². The molecule has 0 fully saturated rings. The van der Waals surface area contributed by atoms with Gasteiger partial charge in [0, 0.05) is 19.1 Å². The van der Waals surface area contributed by atoms with E-state index in [-0.39, 0.29) is 0 Å². The summed E-state index contributed by atoms with van der Waals surface area (Å²) < 4.78 is 0. The van der Waals surface area contributed by atoms with Gasteiger partial charge in [-0.25, -0.2) is 0 Å². The van der Waals surface area contributed by atoms with Gasteiger partial charge in [0.05, 0.1) is 0 Å². The van der Waals surface area contributed by atoms with Crippen LogP contribution >= 0.6 is 0 Å². The fourth-order valence-electron chi connectivity index (χ4n) is 0.0957. The topological polar surface area (TPSA) is 50.4 Å². The van der Waals surface area contributed by atoms with Crippen molar-refractivity contribution in [1.82, 2.24) is 5.43 Å². The van der Waals surface area contributed by atoms with E-state index in [1.54, 1.807) is 0 Å². The van der Waals surface area contributed by atoms with Crippen molar-refractivity contribution in [1.29, 1.82) is 0 Å². The molecular weight excluding hydrogens is 78.1 g/mol. The predicted molar refractivity (Wildman–Crippen MR) is 26.0 cm³/mol. The molecule has 0 unspecified atom stereocenters. The van der Waals surface area contributed by atoms with Gasteiger partial charge in [0.2, 0.25) is 0 Å². The molecule has 0 aromatic heterocycles. The van der Waals surface area contributed by atoms with Gasteiger partial charge in [-0.3, -0.25) is 5.43 Å². The molecule has 3 N–H and O–H groups in total. The van der Waals surface area contributed by atoms with Gasteiger partial charge in [0.1, 0.15) is 0 Å². The Kier molecular flexibility index (Phi) is 3.35. The van der Waals surface area contributed by atoms with Crippen LogP contribution in [0.3, 0.4) is 0 Å². The first-order chi connectivity index (χ1) is 2.91. The van der Waals surface area contributed by atoms with Crippen LogP contribution < -0.4 is 11.2 Å². The van der Waals surface area contributed by atoms with Crippen molar-refractivity contribution in [2.24, 2.45) is 10.8 Å². The van der Waals surface area contributed by atoms with Crippen LogP contribution in [0.5, 0.6) is 0 Å². The standard InChI is InChI=1S/C3H7N3/c1-5-6-3-2-4/h2-3,6H,1,4H2/b3-2-. The molecule has 0 atom stereocenters. The Morgan fingerprint density at radius 3 is 2.67 bits per heavy atom. The lowest BCUT2D eigenvalue weighted by Gasteiger charge is -1.78. The minimum absolute atomic E-state index is 1.34. The summed E-state index contributed by atoms with van der Waals surface area (Å²) >= 11 is 0. The number of nitrogens with one attached hydrogen (secondary N) is 1. The third kappa shape index (κ3) is 3.01. The molecule has 6 heavy (non-hydrogen) atoms. The van der Waals surface area contributed by atoms with E-state index in [1.165, 1.54) is 12.4 Å². The van der Waals surface area contributed by atoms with E-state index >= 15 is 0 Å². The molecule has 3 nitrogen and oxygen atoms in total. The van der Waals surface area contributed by atoms with Gasteiger partial charge in [-0.2, -0.15) is 5.10 Å². The zero-order valence-corrected chi connectivity index (χ0v) is 3.39. The molecule has 0 radical (unpaired) electrons. The first-order valence-corrected chi connectivity index (χ1v) is 1.50. The van der Waals surface area contributed by atoms with Crippen molar-refractivity contribution in [3.8, 4) is 0 Å². The molecule has 0 amide bonds. The van der Waals surface area contributed by atoms with E-state index < -0.39 is 0 Å². The normalized spacial score (nSPS) is 8.67. The van der Waals surface area contributed by atoms with E-state index in [0.29, 0.717) is 0 Å². The summed E-state index contributed by atoms with van der Waals surface area (Å²) in [5, 5.41) is 3.26. The van der Waals surface area contributed by atoms with Gasteiger partial charge in [-0.15, -0.1) is 0 Å². The summed E-state index contributed by atoms with van der Waals surface area (Å²) in [4.78, 5) is 0. The number of nitrogens with two attached hydrogens (primary N) is 1. The highest BCUT2D eigenvalue weighted by molar-refractivity contribution is 5.22. The monoisotopic (exact) mass is 85.1 g/mol. The van der Waals surface area contributed by atoms with Crippen LogP contribution in [0.4, 0.5) is 0 Å². The van der Waals surface area contributed by atoms with E-state index in [4.69, 9.17) is 5.73 Å². The molecule has 0 aliphatic carbocycles. The highest BCUT2D eigenvalue weighted by Crippen LogP contribution is 1.50. The Balaban J connectivity index is 2.85. The third-order valence-corrected chi connectivity index (χ3v) is 0.262. The lowest BCUT2D eigenvalue weighted by Crippen LogP contribution is -1.91. The Bertz CT molecular complexity index is 57.1. The van der Waals surface area contributed by atoms with E-state index in [0.717, 1.165) is 0 Å². The summed E-state index contributed by atoms with van der Waals surface area (Å²) in [6.07, 6.45) is 2.82. The molecule has 0 rings (SSSR count). The molecule has 34 valence electrons. The Hall–Kier alpha value is -0.990. The van der Waals surface area contributed by atoms with E-state index in [1.807, 2.05) is 0 Å². The van der Waals surface area contributed by atoms with Crippen LogP contribution in [-0.2, 0) is 0 Å². The Labute approximate surface area is 36.5 Å². The second-order valence-corrected chi connectivity index (χ2v) is 0.646. The highest BCUT2D eigenvalue weighted by Gasteiger charge is 1.51. The smallest absolute Gasteiger partial charge is 0.0354 e. The zero-order valence-electron chi connectivity index (χ0n) is 3.39. The predicted octanol–water partition coefficient (Wildman–Crippen LogP) is -0.379. The van der Waals surface area contributed by atoms with Gasteiger partial charge < -0.3 is 5.73 Å². The molecule has 0 spiro atoms. The van der Waals surface area contributed by atoms with Gasteiger partial charge in [0.15, 0.2) is 0 Å². The van der Waals surface area contributed by atoms with Crippen molar-refractivity contribution in [3.63, 3.8) is 0 Å². The molecule has 0 aromatic rings. The first kappa shape index (κ1) is 5.01. The van der Waals surface area contributed by atoms with Gasteiger partial charge >= 0.3 is 0 Å². The molecule has 0 bridgehead atoms. The maximum Gasteiger partial charge on any atom is 0.0354 e. The fourth-order valence-corrected chi connectivity index (χ4v) is 0.0957. The van der Waals surface area contributed by atoms with Crippen molar-refractivity contribution < 1.29 is 0 Å². The summed E-state index contributed by atoms with van der Waals surface area (Å²) in [5.74, 6) is 0. The van der Waals surface area contributed by atoms with Crippen LogP contribution in [0.15, 0.2) is 17.5 Å². The molecule has 0 aromatic carbocycles. The highest BCUT2D eigenvalue weighted by atomic mass is 15.3. The lowest BCUT2D eigenvalue weighted by atomic mass is 11.0. The number of hydrogen-bond donors (Lipinski definition) is 2. The summed E-state index contributed by atoms with van der Waals surface area (Å²) in [7, 11) is 0. The Morgan fingerprint density at radius 1 is 1.83 bits per heavy atom. The average Bonchev–Trinajstić information content (AvgIpc) is 1.61. The lowest BCUT2D eigenvalue weighted by molar-refractivity contribution is 0.977. The minimum Gasteiger partial charge on any atom is -0.403 e. The molecule has 0 saturated carbocycles. The summed E-state index contributed by atoms with van der Waals surface area (Å²) in [5.41, 5.74) is 7.29. The van der Waals surface area contributed by atoms with Crippen molar-refractivity contribution in [2.75, 3.05) is 0 Å². The van der Waals surface area contributed by atoms with Crippen molar-refractivity contribution >= 4 is 6.72 Å². The Morgan fingerprint density at radius 2 is 2.50 bits per heavy atom. The number of nitrogens with zero attached hydrogens (tertiary/aromatic N) is 1. The van der Waals surface area contributed by atoms with Crippen LogP contribution in [0.25, 0.3) is 0 Å². The number of hydrazone groups is 1. The summed E-state index contributed by atoms with van der Waals surface area (Å²) in [6.45, 7) is 3.13. The van der Waals surface area contributed by atoms with Crippen LogP contribution in [0, 0.1) is 0 Å². The molecule has 3 heteroatoms. The van der Waals surface area contributed by atoms with Crippen LogP contribution in [0.1, 0.15) is 0 Å². The second-order valence-electron chi connectivity index (χ2n) is 0.646. The first-order valence-electron chi connectivity index (χ1n) is 1.50. The van der Waals surface area contributed by atoms with E-state index in [2.05, 4.69) is 17.2 Å². The molecule has 0 aliphatic rings. The molecule has 0 saturated heterocycles. The largest absolute Gasteiger partial charge is 0.403 e. The van der Waals surface area contributed by atoms with Gasteiger partial charge in [0.25, 0.3) is 0 Å². The number of rotatable bonds is 2. The molecular formula is C3H7N3. The minimum atomic E-state index is 1.34. The average molecular weight is 85.1 g/mol. The van der Waals surface area contributed by atoms with Crippen molar-refractivity contribution in [3.05, 3.63) is 12.4 Å². The summed E-state index contributed by atoms with van der Waals surface area (Å²) in [6, 6.07) is 0. The fraction of sp³-hybridized carbons (Fsp3) is 0. The SMILES string of the molecule is C=NN/C=C\N. The van der Waals surface area contributed by atoms with Crippen LogP contribution in [-0.4, -0.2) is 6.72 Å². The van der Waals surface area contributed by atoms with Gasteiger partial charge in [-0.05, 0) is 0 Å². The third-order valence-electron chi connectivity index (χ3n) is 0.262. The zero-order chi connectivity index (χ0) is 4.83. The van der Waals surface area contributed by atoms with Crippen molar-refractivity contribution in [2.45, 2.75) is 0 Å². The number of hydrogen-bond acceptors (Lipinski definition) is 3.